The zero-order valence-corrected chi connectivity index (χ0v) is 18.4. The molecule has 3 N–H and O–H groups in total. The highest BCUT2D eigenvalue weighted by Crippen LogP contribution is 2.33. The van der Waals surface area contributed by atoms with E-state index in [1.165, 1.54) is 0 Å². The number of nitrogens with zero attached hydrogens (tertiary/aromatic N) is 4. The minimum absolute atomic E-state index is 0.105. The number of nitrogens with one attached hydrogen (secondary N) is 2. The van der Waals surface area contributed by atoms with Gasteiger partial charge in [0.2, 0.25) is 0 Å². The molecule has 1 aliphatic heterocycles. The quantitative estimate of drug-likeness (QED) is 0.399. The largest absolute Gasteiger partial charge is 0.396 e. The van der Waals surface area contributed by atoms with Crippen molar-refractivity contribution in [2.45, 2.75) is 39.0 Å². The van der Waals surface area contributed by atoms with E-state index in [2.05, 4.69) is 10.3 Å². The van der Waals surface area contributed by atoms with Gasteiger partial charge in [-0.25, -0.2) is 9.78 Å². The van der Waals surface area contributed by atoms with Crippen LogP contribution in [-0.4, -0.2) is 36.8 Å². The molecule has 4 aromatic rings. The Morgan fingerprint density at radius 3 is 2.61 bits per heavy atom. The third-order valence-corrected chi connectivity index (χ3v) is 6.05. The van der Waals surface area contributed by atoms with Crippen molar-refractivity contribution >= 4 is 17.2 Å². The molecule has 9 heteroatoms. The van der Waals surface area contributed by atoms with Gasteiger partial charge in [0, 0.05) is 38.5 Å². The molecule has 4 heterocycles. The Kier molecular flexibility index (Phi) is 5.47. The lowest BCUT2D eigenvalue weighted by atomic mass is 10.1. The predicted molar refractivity (Wildman–Crippen MR) is 127 cm³/mol. The molecule has 0 saturated carbocycles. The fourth-order valence-corrected chi connectivity index (χ4v) is 4.44. The Balaban J connectivity index is 1.52. The second kappa shape index (κ2) is 8.59. The molecular formula is C24H26N6O3. The summed E-state index contributed by atoms with van der Waals surface area (Å²) < 4.78 is 3.52. The van der Waals surface area contributed by atoms with Gasteiger partial charge in [-0.2, -0.15) is 0 Å². The van der Waals surface area contributed by atoms with Gasteiger partial charge in [-0.3, -0.25) is 14.3 Å². The van der Waals surface area contributed by atoms with Crippen LogP contribution >= 0.6 is 0 Å². The zero-order valence-electron chi connectivity index (χ0n) is 18.4. The van der Waals surface area contributed by atoms with E-state index < -0.39 is 11.2 Å². The molecule has 1 aliphatic rings. The molecule has 170 valence electrons. The number of rotatable bonds is 7. The molecule has 0 spiro atoms. The number of H-pyrrole nitrogens is 1. The Morgan fingerprint density at radius 1 is 1.09 bits per heavy atom. The first-order chi connectivity index (χ1) is 16.1. The van der Waals surface area contributed by atoms with E-state index >= 15 is 0 Å². The minimum Gasteiger partial charge on any atom is -0.396 e. The number of pyridine rings is 1. The van der Waals surface area contributed by atoms with Gasteiger partial charge in [0.05, 0.1) is 5.69 Å². The van der Waals surface area contributed by atoms with Crippen LogP contribution < -0.4 is 21.5 Å². The molecule has 0 radical (unpaired) electrons. The van der Waals surface area contributed by atoms with Crippen LogP contribution in [0.4, 0.5) is 11.5 Å². The number of fused-ring (bicyclic) bond motifs is 2. The Labute approximate surface area is 190 Å². The molecule has 0 amide bonds. The van der Waals surface area contributed by atoms with Crippen LogP contribution in [0.1, 0.15) is 23.7 Å². The molecule has 1 aromatic carbocycles. The SMILES string of the molecule is CCn1c2c(c(=O)[nH]c1=O)N(Cc1ccc(CCO)cc1)C(Cc1cn3ccccc3n1)N2. The minimum atomic E-state index is -0.421. The molecule has 0 saturated heterocycles. The number of aromatic nitrogens is 4. The van der Waals surface area contributed by atoms with Crippen molar-refractivity contribution in [3.8, 4) is 0 Å². The normalized spacial score (nSPS) is 15.1. The van der Waals surface area contributed by atoms with Gasteiger partial charge in [-0.15, -0.1) is 0 Å². The summed E-state index contributed by atoms with van der Waals surface area (Å²) in [7, 11) is 0. The second-order valence-corrected chi connectivity index (χ2v) is 8.18. The summed E-state index contributed by atoms with van der Waals surface area (Å²) in [5.74, 6) is 0.539. The molecule has 0 fully saturated rings. The molecule has 1 atom stereocenters. The number of imidazole rings is 1. The van der Waals surface area contributed by atoms with Crippen LogP contribution in [0.15, 0.2) is 64.4 Å². The van der Waals surface area contributed by atoms with Crippen LogP contribution in [0.5, 0.6) is 0 Å². The lowest BCUT2D eigenvalue weighted by Gasteiger charge is -2.25. The third-order valence-electron chi connectivity index (χ3n) is 6.05. The summed E-state index contributed by atoms with van der Waals surface area (Å²) in [6.45, 7) is 2.91. The number of aromatic amines is 1. The van der Waals surface area contributed by atoms with E-state index in [4.69, 9.17) is 10.1 Å². The topological polar surface area (TPSA) is 108 Å². The highest BCUT2D eigenvalue weighted by molar-refractivity contribution is 5.72. The number of benzene rings is 1. The van der Waals surface area contributed by atoms with Crippen LogP contribution in [0.2, 0.25) is 0 Å². The van der Waals surface area contributed by atoms with Crippen LogP contribution in [0.3, 0.4) is 0 Å². The number of aliphatic hydroxyl groups is 1. The molecule has 5 rings (SSSR count). The third kappa shape index (κ3) is 3.91. The summed E-state index contributed by atoms with van der Waals surface area (Å²) in [4.78, 5) is 34.4. The molecule has 3 aromatic heterocycles. The first kappa shape index (κ1) is 21.0. The lowest BCUT2D eigenvalue weighted by molar-refractivity contribution is 0.299. The Morgan fingerprint density at radius 2 is 1.88 bits per heavy atom. The van der Waals surface area contributed by atoms with Gasteiger partial charge in [-0.1, -0.05) is 30.3 Å². The van der Waals surface area contributed by atoms with E-state index in [0.29, 0.717) is 37.4 Å². The van der Waals surface area contributed by atoms with Gasteiger partial charge in [0.25, 0.3) is 5.56 Å². The van der Waals surface area contributed by atoms with Crippen molar-refractivity contribution in [2.24, 2.45) is 0 Å². The highest BCUT2D eigenvalue weighted by atomic mass is 16.3. The summed E-state index contributed by atoms with van der Waals surface area (Å²) in [6, 6.07) is 13.8. The van der Waals surface area contributed by atoms with Gasteiger partial charge in [-0.05, 0) is 36.6 Å². The Hall–Kier alpha value is -3.85. The fraction of sp³-hybridized carbons (Fsp3) is 0.292. The maximum atomic E-state index is 12.9. The van der Waals surface area contributed by atoms with E-state index in [9.17, 15) is 9.59 Å². The molecule has 0 aliphatic carbocycles. The van der Waals surface area contributed by atoms with Crippen LogP contribution in [0.25, 0.3) is 5.65 Å². The van der Waals surface area contributed by atoms with Gasteiger partial charge >= 0.3 is 5.69 Å². The van der Waals surface area contributed by atoms with Crippen molar-refractivity contribution in [3.63, 3.8) is 0 Å². The highest BCUT2D eigenvalue weighted by Gasteiger charge is 2.34. The number of hydrogen-bond acceptors (Lipinski definition) is 6. The molecule has 9 nitrogen and oxygen atoms in total. The van der Waals surface area contributed by atoms with Crippen molar-refractivity contribution in [1.29, 1.82) is 0 Å². The predicted octanol–water partition coefficient (Wildman–Crippen LogP) is 1.74. The monoisotopic (exact) mass is 446 g/mol. The van der Waals surface area contributed by atoms with E-state index in [1.54, 1.807) is 4.57 Å². The van der Waals surface area contributed by atoms with Crippen molar-refractivity contribution in [3.05, 3.63) is 92.5 Å². The first-order valence-corrected chi connectivity index (χ1v) is 11.1. The smallest absolute Gasteiger partial charge is 0.330 e. The van der Waals surface area contributed by atoms with Crippen molar-refractivity contribution < 1.29 is 5.11 Å². The average molecular weight is 447 g/mol. The first-order valence-electron chi connectivity index (χ1n) is 11.1. The zero-order chi connectivity index (χ0) is 22.9. The maximum Gasteiger partial charge on any atom is 0.330 e. The molecule has 0 bridgehead atoms. The van der Waals surface area contributed by atoms with Gasteiger partial charge in [0.15, 0.2) is 0 Å². The standard InChI is InChI=1S/C24H26N6O3/c1-2-29-22-21(23(32)27-24(29)33)30(14-17-8-6-16(7-9-17)10-12-31)20(26-22)13-18-15-28-11-4-3-5-19(28)25-18/h3-9,11,15,20,26,31H,2,10,12-14H2,1H3,(H,27,32,33). The summed E-state index contributed by atoms with van der Waals surface area (Å²) in [6.07, 6.45) is 4.85. The number of anilines is 2. The molecule has 33 heavy (non-hydrogen) atoms. The lowest BCUT2D eigenvalue weighted by Crippen LogP contribution is -2.39. The van der Waals surface area contributed by atoms with E-state index in [-0.39, 0.29) is 12.8 Å². The van der Waals surface area contributed by atoms with Crippen molar-refractivity contribution in [2.75, 3.05) is 16.8 Å². The summed E-state index contributed by atoms with van der Waals surface area (Å²) in [5.41, 5.74) is 3.47. The molecule has 1 unspecified atom stereocenters. The fourth-order valence-electron chi connectivity index (χ4n) is 4.44. The van der Waals surface area contributed by atoms with E-state index in [0.717, 1.165) is 22.5 Å². The van der Waals surface area contributed by atoms with Crippen LogP contribution in [0, 0.1) is 0 Å². The maximum absolute atomic E-state index is 12.9. The number of hydrogen-bond donors (Lipinski definition) is 3. The van der Waals surface area contributed by atoms with Crippen LogP contribution in [-0.2, 0) is 25.9 Å². The second-order valence-electron chi connectivity index (χ2n) is 8.18. The van der Waals surface area contributed by atoms with Crippen molar-refractivity contribution in [1.82, 2.24) is 18.9 Å². The number of aliphatic hydroxyl groups excluding tert-OH is 1. The molecular weight excluding hydrogens is 420 g/mol. The average Bonchev–Trinajstić information content (AvgIpc) is 3.37. The van der Waals surface area contributed by atoms with E-state index in [1.807, 2.05) is 71.1 Å². The summed E-state index contributed by atoms with van der Waals surface area (Å²) >= 11 is 0. The summed E-state index contributed by atoms with van der Waals surface area (Å²) in [5, 5.41) is 12.6. The van der Waals surface area contributed by atoms with Gasteiger partial charge < -0.3 is 19.7 Å². The Bertz CT molecular complexity index is 1370. The van der Waals surface area contributed by atoms with Gasteiger partial charge in [0.1, 0.15) is 23.3 Å².